The third-order valence-corrected chi connectivity index (χ3v) is 2.79. The molecule has 2 aromatic rings. The van der Waals surface area contributed by atoms with Crippen LogP contribution in [0.25, 0.3) is 0 Å². The Morgan fingerprint density at radius 2 is 2.31 bits per heavy atom. The molecule has 16 heavy (non-hydrogen) atoms. The first-order valence-corrected chi connectivity index (χ1v) is 5.45. The van der Waals surface area contributed by atoms with Crippen LogP contribution in [0.2, 0.25) is 0 Å². The van der Waals surface area contributed by atoms with Gasteiger partial charge in [0.15, 0.2) is 5.78 Å². The molecule has 0 spiro atoms. The van der Waals surface area contributed by atoms with Crippen molar-refractivity contribution < 1.29 is 9.18 Å². The van der Waals surface area contributed by atoms with E-state index in [1.165, 1.54) is 18.3 Å². The molecular formula is C11H9FN2OS. The molecule has 0 aliphatic rings. The van der Waals surface area contributed by atoms with Gasteiger partial charge in [0.1, 0.15) is 11.5 Å². The molecule has 0 fully saturated rings. The molecule has 0 N–H and O–H groups in total. The number of halogens is 1. The highest BCUT2D eigenvalue weighted by Gasteiger charge is 2.11. The Kier molecular flexibility index (Phi) is 3.05. The topological polar surface area (TPSA) is 42.9 Å². The van der Waals surface area contributed by atoms with Gasteiger partial charge in [-0.2, -0.15) is 8.75 Å². The molecular weight excluding hydrogens is 227 g/mol. The smallest absolute Gasteiger partial charge is 0.188 e. The number of hydrogen-bond acceptors (Lipinski definition) is 4. The van der Waals surface area contributed by atoms with Gasteiger partial charge in [0.05, 0.1) is 17.9 Å². The molecule has 82 valence electrons. The SMILES string of the molecule is Cc1ccc(F)cc1CC(=O)c1cnsn1. The molecule has 0 aliphatic carbocycles. The number of ketones is 1. The van der Waals surface area contributed by atoms with Crippen molar-refractivity contribution in [3.05, 3.63) is 47.0 Å². The van der Waals surface area contributed by atoms with E-state index < -0.39 is 0 Å². The van der Waals surface area contributed by atoms with E-state index in [1.807, 2.05) is 6.92 Å². The van der Waals surface area contributed by atoms with Crippen molar-refractivity contribution in [2.45, 2.75) is 13.3 Å². The number of aryl methyl sites for hydroxylation is 1. The third kappa shape index (κ3) is 2.30. The predicted octanol–water partition coefficient (Wildman–Crippen LogP) is 2.41. The first-order valence-electron chi connectivity index (χ1n) is 4.72. The van der Waals surface area contributed by atoms with Gasteiger partial charge in [0.2, 0.25) is 0 Å². The van der Waals surface area contributed by atoms with Crippen molar-refractivity contribution in [3.8, 4) is 0 Å². The van der Waals surface area contributed by atoms with Gasteiger partial charge in [-0.25, -0.2) is 4.39 Å². The second kappa shape index (κ2) is 4.49. The Hall–Kier alpha value is -1.62. The van der Waals surface area contributed by atoms with E-state index in [0.29, 0.717) is 11.3 Å². The van der Waals surface area contributed by atoms with Crippen molar-refractivity contribution in [3.63, 3.8) is 0 Å². The van der Waals surface area contributed by atoms with Gasteiger partial charge >= 0.3 is 0 Å². The average molecular weight is 236 g/mol. The van der Waals surface area contributed by atoms with Gasteiger partial charge in [-0.3, -0.25) is 4.79 Å². The van der Waals surface area contributed by atoms with E-state index in [4.69, 9.17) is 0 Å². The van der Waals surface area contributed by atoms with Crippen LogP contribution in [0, 0.1) is 12.7 Å². The van der Waals surface area contributed by atoms with Gasteiger partial charge in [-0.1, -0.05) is 6.07 Å². The number of hydrogen-bond donors (Lipinski definition) is 0. The van der Waals surface area contributed by atoms with Crippen LogP contribution < -0.4 is 0 Å². The van der Waals surface area contributed by atoms with Crippen molar-refractivity contribution >= 4 is 17.5 Å². The molecule has 0 amide bonds. The van der Waals surface area contributed by atoms with Gasteiger partial charge in [0, 0.05) is 6.42 Å². The summed E-state index contributed by atoms with van der Waals surface area (Å²) >= 11 is 0.991. The Morgan fingerprint density at radius 1 is 1.50 bits per heavy atom. The zero-order valence-electron chi connectivity index (χ0n) is 8.61. The minimum Gasteiger partial charge on any atom is -0.292 e. The summed E-state index contributed by atoms with van der Waals surface area (Å²) in [7, 11) is 0. The average Bonchev–Trinajstić information content (AvgIpc) is 2.76. The minimum absolute atomic E-state index is 0.137. The molecule has 1 heterocycles. The molecule has 0 unspecified atom stereocenters. The first kappa shape index (κ1) is 10.9. The van der Waals surface area contributed by atoms with Crippen LogP contribution in [0.15, 0.2) is 24.4 Å². The number of rotatable bonds is 3. The maximum Gasteiger partial charge on any atom is 0.188 e. The first-order chi connectivity index (χ1) is 7.66. The molecule has 0 saturated heterocycles. The molecule has 0 bridgehead atoms. The standard InChI is InChI=1S/C11H9FN2OS/c1-7-2-3-9(12)4-8(7)5-11(15)10-6-13-16-14-10/h2-4,6H,5H2,1H3. The number of carbonyl (C=O) groups excluding carboxylic acids is 1. The summed E-state index contributed by atoms with van der Waals surface area (Å²) in [5.74, 6) is -0.466. The summed E-state index contributed by atoms with van der Waals surface area (Å²) < 4.78 is 20.6. The van der Waals surface area contributed by atoms with E-state index >= 15 is 0 Å². The summed E-state index contributed by atoms with van der Waals surface area (Å²) in [5.41, 5.74) is 1.93. The number of aromatic nitrogens is 2. The largest absolute Gasteiger partial charge is 0.292 e. The molecule has 0 aliphatic heterocycles. The van der Waals surface area contributed by atoms with Crippen LogP contribution in [0.1, 0.15) is 21.6 Å². The summed E-state index contributed by atoms with van der Waals surface area (Å²) in [5, 5.41) is 0. The van der Waals surface area contributed by atoms with E-state index in [9.17, 15) is 9.18 Å². The van der Waals surface area contributed by atoms with Gasteiger partial charge in [-0.15, -0.1) is 0 Å². The maximum atomic E-state index is 13.0. The highest BCUT2D eigenvalue weighted by molar-refractivity contribution is 6.99. The van der Waals surface area contributed by atoms with Gasteiger partial charge in [0.25, 0.3) is 0 Å². The second-order valence-corrected chi connectivity index (χ2v) is 4.02. The fourth-order valence-corrected chi connectivity index (χ4v) is 1.81. The molecule has 1 aromatic heterocycles. The zero-order chi connectivity index (χ0) is 11.5. The Balaban J connectivity index is 2.21. The van der Waals surface area contributed by atoms with Crippen molar-refractivity contribution in [2.24, 2.45) is 0 Å². The Morgan fingerprint density at radius 3 is 3.00 bits per heavy atom. The van der Waals surface area contributed by atoms with Crippen molar-refractivity contribution in [2.75, 3.05) is 0 Å². The molecule has 0 atom stereocenters. The lowest BCUT2D eigenvalue weighted by atomic mass is 10.0. The maximum absolute atomic E-state index is 13.0. The normalized spacial score (nSPS) is 10.4. The van der Waals surface area contributed by atoms with Crippen LogP contribution in [0.3, 0.4) is 0 Å². The van der Waals surface area contributed by atoms with E-state index in [-0.39, 0.29) is 18.0 Å². The van der Waals surface area contributed by atoms with Crippen molar-refractivity contribution in [1.82, 2.24) is 8.75 Å². The lowest BCUT2D eigenvalue weighted by Gasteiger charge is -2.03. The van der Waals surface area contributed by atoms with E-state index in [2.05, 4.69) is 8.75 Å². The van der Waals surface area contributed by atoms with Crippen LogP contribution in [-0.2, 0) is 6.42 Å². The molecule has 3 nitrogen and oxygen atoms in total. The van der Waals surface area contributed by atoms with E-state index in [1.54, 1.807) is 6.07 Å². The summed E-state index contributed by atoms with van der Waals surface area (Å²) in [6, 6.07) is 4.43. The van der Waals surface area contributed by atoms with Crippen LogP contribution in [0.5, 0.6) is 0 Å². The Bertz CT molecular complexity index is 511. The molecule has 5 heteroatoms. The lowest BCUT2D eigenvalue weighted by molar-refractivity contribution is 0.0989. The van der Waals surface area contributed by atoms with Crippen LogP contribution in [-0.4, -0.2) is 14.5 Å². The molecule has 2 rings (SSSR count). The molecule has 0 radical (unpaired) electrons. The summed E-state index contributed by atoms with van der Waals surface area (Å²) in [4.78, 5) is 11.7. The zero-order valence-corrected chi connectivity index (χ0v) is 9.42. The third-order valence-electron chi connectivity index (χ3n) is 2.31. The minimum atomic E-state index is -0.329. The highest BCUT2D eigenvalue weighted by atomic mass is 32.1. The Labute approximate surface area is 96.3 Å². The molecule has 1 aromatic carbocycles. The van der Waals surface area contributed by atoms with Gasteiger partial charge < -0.3 is 0 Å². The van der Waals surface area contributed by atoms with Crippen molar-refractivity contribution in [1.29, 1.82) is 0 Å². The number of nitrogens with zero attached hydrogens (tertiary/aromatic N) is 2. The number of benzene rings is 1. The quantitative estimate of drug-likeness (QED) is 0.768. The van der Waals surface area contributed by atoms with Crippen LogP contribution in [0.4, 0.5) is 4.39 Å². The van der Waals surface area contributed by atoms with Gasteiger partial charge in [-0.05, 0) is 30.2 Å². The summed E-state index contributed by atoms with van der Waals surface area (Å²) in [6.45, 7) is 1.85. The van der Waals surface area contributed by atoms with Crippen LogP contribution >= 0.6 is 11.7 Å². The predicted molar refractivity (Wildman–Crippen MR) is 59.1 cm³/mol. The fraction of sp³-hybridized carbons (Fsp3) is 0.182. The summed E-state index contributed by atoms with van der Waals surface area (Å²) in [6.07, 6.45) is 1.59. The fourth-order valence-electron chi connectivity index (χ4n) is 1.38. The highest BCUT2D eigenvalue weighted by Crippen LogP contribution is 2.13. The second-order valence-electron chi connectivity index (χ2n) is 3.46. The number of carbonyl (C=O) groups is 1. The lowest BCUT2D eigenvalue weighted by Crippen LogP contribution is -2.05. The monoisotopic (exact) mass is 236 g/mol. The number of Topliss-reactive ketones (excluding diaryl/α,β-unsaturated/α-hetero) is 1. The van der Waals surface area contributed by atoms with E-state index in [0.717, 1.165) is 17.3 Å². The molecule has 0 saturated carbocycles.